The Hall–Kier alpha value is -1.09. The monoisotopic (exact) mass is 345 g/mol. The first-order valence-electron chi connectivity index (χ1n) is 6.73. The van der Waals surface area contributed by atoms with Gasteiger partial charge in [0.25, 0.3) is 0 Å². The van der Waals surface area contributed by atoms with Gasteiger partial charge >= 0.3 is 5.97 Å². The Labute approximate surface area is 134 Å². The van der Waals surface area contributed by atoms with E-state index in [1.807, 2.05) is 0 Å². The number of thioether (sulfide) groups is 1. The largest absolute Gasteiger partial charge is 0.465 e. The van der Waals surface area contributed by atoms with Gasteiger partial charge in [-0.2, -0.15) is 11.8 Å². The highest BCUT2D eigenvalue weighted by Gasteiger charge is 2.35. The van der Waals surface area contributed by atoms with Gasteiger partial charge in [-0.05, 0) is 36.4 Å². The average molecular weight is 345 g/mol. The van der Waals surface area contributed by atoms with Crippen LogP contribution in [0.15, 0.2) is 29.2 Å². The van der Waals surface area contributed by atoms with Gasteiger partial charge in [0.1, 0.15) is 0 Å². The SMILES string of the molecule is COC(=O)c1ccc(S(=O)(=O)NC[C@]2(OC)CCSC2)cc1. The van der Waals surface area contributed by atoms with Gasteiger partial charge in [-0.15, -0.1) is 0 Å². The second kappa shape index (κ2) is 6.99. The van der Waals surface area contributed by atoms with E-state index in [2.05, 4.69) is 9.46 Å². The summed E-state index contributed by atoms with van der Waals surface area (Å²) in [5, 5.41) is 0. The van der Waals surface area contributed by atoms with Crippen molar-refractivity contribution in [3.63, 3.8) is 0 Å². The summed E-state index contributed by atoms with van der Waals surface area (Å²) in [5.41, 5.74) is -0.133. The molecule has 0 spiro atoms. The molecule has 22 heavy (non-hydrogen) atoms. The molecule has 1 fully saturated rings. The zero-order valence-electron chi connectivity index (χ0n) is 12.5. The highest BCUT2D eigenvalue weighted by molar-refractivity contribution is 7.99. The Morgan fingerprint density at radius 2 is 2.00 bits per heavy atom. The van der Waals surface area contributed by atoms with Crippen LogP contribution in [0.3, 0.4) is 0 Å². The molecule has 1 aliphatic rings. The summed E-state index contributed by atoms with van der Waals surface area (Å²) in [6.07, 6.45) is 0.817. The van der Waals surface area contributed by atoms with Crippen LogP contribution in [0.2, 0.25) is 0 Å². The van der Waals surface area contributed by atoms with Crippen LogP contribution in [0, 0.1) is 0 Å². The Morgan fingerprint density at radius 1 is 1.32 bits per heavy atom. The van der Waals surface area contributed by atoms with E-state index in [0.717, 1.165) is 17.9 Å². The first kappa shape index (κ1) is 17.3. The van der Waals surface area contributed by atoms with Crippen molar-refractivity contribution in [2.75, 3.05) is 32.3 Å². The molecule has 1 N–H and O–H groups in total. The number of nitrogens with one attached hydrogen (secondary N) is 1. The molecule has 0 radical (unpaired) electrons. The fourth-order valence-electron chi connectivity index (χ4n) is 2.16. The van der Waals surface area contributed by atoms with Crippen LogP contribution in [0.1, 0.15) is 16.8 Å². The average Bonchev–Trinajstić information content (AvgIpc) is 3.02. The zero-order chi connectivity index (χ0) is 16.2. The van der Waals surface area contributed by atoms with Crippen LogP contribution in [-0.2, 0) is 19.5 Å². The summed E-state index contributed by atoms with van der Waals surface area (Å²) in [4.78, 5) is 11.5. The maximum absolute atomic E-state index is 12.3. The highest BCUT2D eigenvalue weighted by Crippen LogP contribution is 2.30. The number of rotatable bonds is 6. The molecule has 0 saturated carbocycles. The Balaban J connectivity index is 2.08. The maximum Gasteiger partial charge on any atom is 0.337 e. The number of carbonyl (C=O) groups excluding carboxylic acids is 1. The normalized spacial score (nSPS) is 21.7. The minimum absolute atomic E-state index is 0.108. The van der Waals surface area contributed by atoms with Crippen LogP contribution < -0.4 is 4.72 Å². The van der Waals surface area contributed by atoms with Crippen molar-refractivity contribution in [3.05, 3.63) is 29.8 Å². The van der Waals surface area contributed by atoms with Gasteiger partial charge in [0, 0.05) is 19.4 Å². The fraction of sp³-hybridized carbons (Fsp3) is 0.500. The predicted octanol–water partition coefficient (Wildman–Crippen LogP) is 1.27. The molecule has 1 heterocycles. The molecule has 122 valence electrons. The quantitative estimate of drug-likeness (QED) is 0.782. The van der Waals surface area contributed by atoms with Gasteiger partial charge in [-0.1, -0.05) is 0 Å². The smallest absolute Gasteiger partial charge is 0.337 e. The number of hydrogen-bond acceptors (Lipinski definition) is 6. The Morgan fingerprint density at radius 3 is 2.50 bits per heavy atom. The standard InChI is InChI=1S/C14H19NO5S2/c1-19-13(16)11-3-5-12(6-4-11)22(17,18)15-9-14(20-2)7-8-21-10-14/h3-6,15H,7-10H2,1-2H3/t14-/m1/s1. The molecule has 1 aromatic rings. The molecular formula is C14H19NO5S2. The van der Waals surface area contributed by atoms with Crippen LogP contribution >= 0.6 is 11.8 Å². The van der Waals surface area contributed by atoms with Gasteiger partial charge in [0.05, 0.1) is 23.2 Å². The van der Waals surface area contributed by atoms with Gasteiger partial charge in [0.15, 0.2) is 0 Å². The van der Waals surface area contributed by atoms with E-state index in [-0.39, 0.29) is 11.4 Å². The summed E-state index contributed by atoms with van der Waals surface area (Å²) < 4.78 is 37.3. The van der Waals surface area contributed by atoms with Gasteiger partial charge in [-0.25, -0.2) is 17.9 Å². The topological polar surface area (TPSA) is 81.7 Å². The van der Waals surface area contributed by atoms with Crippen LogP contribution in [-0.4, -0.2) is 52.3 Å². The lowest BCUT2D eigenvalue weighted by Gasteiger charge is -2.26. The number of sulfonamides is 1. The van der Waals surface area contributed by atoms with Crippen molar-refractivity contribution in [2.24, 2.45) is 0 Å². The maximum atomic E-state index is 12.3. The summed E-state index contributed by atoms with van der Waals surface area (Å²) >= 11 is 1.75. The summed E-state index contributed by atoms with van der Waals surface area (Å²) in [6.45, 7) is 0.234. The molecule has 8 heteroatoms. The third kappa shape index (κ3) is 3.81. The molecule has 0 amide bonds. The number of hydrogen-bond donors (Lipinski definition) is 1. The molecule has 2 rings (SSSR count). The number of benzene rings is 1. The van der Waals surface area contributed by atoms with Crippen molar-refractivity contribution >= 4 is 27.8 Å². The first-order valence-corrected chi connectivity index (χ1v) is 9.37. The second-order valence-corrected chi connectivity index (χ2v) is 7.90. The number of methoxy groups -OCH3 is 2. The molecule has 1 aromatic carbocycles. The summed E-state index contributed by atoms with van der Waals surface area (Å²) in [5.74, 6) is 1.23. The lowest BCUT2D eigenvalue weighted by atomic mass is 10.0. The summed E-state index contributed by atoms with van der Waals surface area (Å²) in [7, 11) is -0.758. The zero-order valence-corrected chi connectivity index (χ0v) is 14.1. The van der Waals surface area contributed by atoms with E-state index >= 15 is 0 Å². The molecule has 1 atom stereocenters. The third-order valence-corrected chi connectivity index (χ3v) is 6.31. The van der Waals surface area contributed by atoms with Crippen LogP contribution in [0.25, 0.3) is 0 Å². The van der Waals surface area contributed by atoms with Crippen LogP contribution in [0.4, 0.5) is 0 Å². The predicted molar refractivity (Wildman–Crippen MR) is 84.7 cm³/mol. The van der Waals surface area contributed by atoms with E-state index < -0.39 is 21.6 Å². The van der Waals surface area contributed by atoms with Crippen molar-refractivity contribution in [3.8, 4) is 0 Å². The molecule has 0 bridgehead atoms. The highest BCUT2D eigenvalue weighted by atomic mass is 32.2. The van der Waals surface area contributed by atoms with Crippen LogP contribution in [0.5, 0.6) is 0 Å². The molecule has 1 saturated heterocycles. The van der Waals surface area contributed by atoms with E-state index in [9.17, 15) is 13.2 Å². The van der Waals surface area contributed by atoms with Gasteiger partial charge in [-0.3, -0.25) is 0 Å². The molecule has 0 aromatic heterocycles. The van der Waals surface area contributed by atoms with Crippen molar-refractivity contribution < 1.29 is 22.7 Å². The number of carbonyl (C=O) groups is 1. The minimum Gasteiger partial charge on any atom is -0.465 e. The van der Waals surface area contributed by atoms with Crippen molar-refractivity contribution in [2.45, 2.75) is 16.9 Å². The van der Waals surface area contributed by atoms with Gasteiger partial charge in [0.2, 0.25) is 10.0 Å². The number of esters is 1. The van der Waals surface area contributed by atoms with Gasteiger partial charge < -0.3 is 9.47 Å². The molecule has 6 nitrogen and oxygen atoms in total. The first-order chi connectivity index (χ1) is 10.4. The lowest BCUT2D eigenvalue weighted by molar-refractivity contribution is 0.0179. The van der Waals surface area contributed by atoms with Crippen molar-refractivity contribution in [1.82, 2.24) is 4.72 Å². The van der Waals surface area contributed by atoms with E-state index in [1.54, 1.807) is 18.9 Å². The Bertz CT molecular complexity index is 621. The third-order valence-electron chi connectivity index (χ3n) is 3.67. The fourth-order valence-corrected chi connectivity index (χ4v) is 4.67. The second-order valence-electron chi connectivity index (χ2n) is 5.03. The summed E-state index contributed by atoms with van der Waals surface area (Å²) in [6, 6.07) is 5.63. The molecular weight excluding hydrogens is 326 g/mol. The minimum atomic E-state index is -3.64. The Kier molecular flexibility index (Phi) is 5.49. The molecule has 1 aliphatic heterocycles. The molecule has 0 aliphatic carbocycles. The van der Waals surface area contributed by atoms with E-state index in [0.29, 0.717) is 5.56 Å². The van der Waals surface area contributed by atoms with Crippen molar-refractivity contribution in [1.29, 1.82) is 0 Å². The molecule has 0 unspecified atom stereocenters. The van der Waals surface area contributed by atoms with E-state index in [1.165, 1.54) is 31.4 Å². The number of ether oxygens (including phenoxy) is 2. The lowest BCUT2D eigenvalue weighted by Crippen LogP contribution is -2.44. The van der Waals surface area contributed by atoms with E-state index in [4.69, 9.17) is 4.74 Å².